The van der Waals surface area contributed by atoms with E-state index in [1.54, 1.807) is 28.3 Å². The maximum absolute atomic E-state index is 13.0. The highest BCUT2D eigenvalue weighted by Crippen LogP contribution is 2.22. The maximum Gasteiger partial charge on any atom is 0.246 e. The van der Waals surface area contributed by atoms with E-state index in [0.29, 0.717) is 26.2 Å². The van der Waals surface area contributed by atoms with Crippen LogP contribution in [0.1, 0.15) is 23.0 Å². The minimum atomic E-state index is -0.499. The first kappa shape index (κ1) is 16.7. The first-order valence-electron chi connectivity index (χ1n) is 8.68. The van der Waals surface area contributed by atoms with E-state index in [4.69, 9.17) is 0 Å². The van der Waals surface area contributed by atoms with Crippen molar-refractivity contribution in [2.24, 2.45) is 0 Å². The summed E-state index contributed by atoms with van der Waals surface area (Å²) in [6, 6.07) is 5.61. The molecule has 1 aromatic carbocycles. The number of H-pyrrole nitrogens is 1. The molecule has 0 saturated carbocycles. The number of aromatic amines is 1. The Balaban J connectivity index is 1.40. The zero-order chi connectivity index (χ0) is 18.1. The Hall–Kier alpha value is -2.74. The molecule has 1 saturated heterocycles. The van der Waals surface area contributed by atoms with E-state index in [1.807, 2.05) is 0 Å². The first-order chi connectivity index (χ1) is 12.6. The summed E-state index contributed by atoms with van der Waals surface area (Å²) in [6.07, 6.45) is 2.41. The molecule has 2 N–H and O–H groups in total. The molecule has 1 aromatic heterocycles. The van der Waals surface area contributed by atoms with Crippen molar-refractivity contribution in [1.29, 1.82) is 0 Å². The van der Waals surface area contributed by atoms with Gasteiger partial charge in [-0.05, 0) is 17.7 Å². The fourth-order valence-electron chi connectivity index (χ4n) is 3.48. The van der Waals surface area contributed by atoms with Gasteiger partial charge in [-0.15, -0.1) is 0 Å². The quantitative estimate of drug-likeness (QED) is 0.843. The van der Waals surface area contributed by atoms with Gasteiger partial charge in [0.15, 0.2) is 0 Å². The molecule has 0 bridgehead atoms. The van der Waals surface area contributed by atoms with Gasteiger partial charge in [0.05, 0.1) is 18.6 Å². The fourth-order valence-corrected chi connectivity index (χ4v) is 3.48. The number of hydrogen-bond acceptors (Lipinski definition) is 4. The number of nitrogens with one attached hydrogen (secondary N) is 2. The summed E-state index contributed by atoms with van der Waals surface area (Å²) in [5, 5.41) is 3.20. The molecule has 2 aromatic rings. The summed E-state index contributed by atoms with van der Waals surface area (Å²) in [5.41, 5.74) is 2.57. The molecule has 1 atom stereocenters. The molecule has 0 radical (unpaired) electrons. The van der Waals surface area contributed by atoms with Crippen molar-refractivity contribution in [2.75, 3.05) is 26.2 Å². The Labute approximate surface area is 150 Å². The number of rotatable bonds is 3. The van der Waals surface area contributed by atoms with E-state index in [2.05, 4.69) is 15.3 Å². The summed E-state index contributed by atoms with van der Waals surface area (Å²) in [4.78, 5) is 35.9. The van der Waals surface area contributed by atoms with E-state index in [9.17, 15) is 14.0 Å². The number of piperazine rings is 1. The fraction of sp³-hybridized carbons (Fsp3) is 0.389. The zero-order valence-corrected chi connectivity index (χ0v) is 14.2. The summed E-state index contributed by atoms with van der Waals surface area (Å²) in [7, 11) is 0. The van der Waals surface area contributed by atoms with Gasteiger partial charge in [0.1, 0.15) is 11.9 Å². The smallest absolute Gasteiger partial charge is 0.246 e. The molecule has 0 unspecified atom stereocenters. The second-order valence-electron chi connectivity index (χ2n) is 6.61. The lowest BCUT2D eigenvalue weighted by Gasteiger charge is -2.36. The number of hydrogen-bond donors (Lipinski definition) is 2. The third kappa shape index (κ3) is 3.20. The number of halogens is 1. The second kappa shape index (κ2) is 6.87. The van der Waals surface area contributed by atoms with Gasteiger partial charge >= 0.3 is 0 Å². The van der Waals surface area contributed by atoms with Crippen molar-refractivity contribution in [3.05, 3.63) is 53.4 Å². The molecular formula is C18H20FN5O2. The molecule has 0 spiro atoms. The number of amides is 2. The average Bonchev–Trinajstić information content (AvgIpc) is 3.13. The first-order valence-corrected chi connectivity index (χ1v) is 8.68. The highest BCUT2D eigenvalue weighted by Gasteiger charge is 2.35. The van der Waals surface area contributed by atoms with Gasteiger partial charge in [-0.1, -0.05) is 12.1 Å². The molecule has 2 aliphatic heterocycles. The van der Waals surface area contributed by atoms with E-state index >= 15 is 0 Å². The van der Waals surface area contributed by atoms with Gasteiger partial charge in [0, 0.05) is 38.3 Å². The monoisotopic (exact) mass is 357 g/mol. The van der Waals surface area contributed by atoms with Crippen molar-refractivity contribution >= 4 is 11.8 Å². The molecule has 3 heterocycles. The lowest BCUT2D eigenvalue weighted by atomic mass is 10.0. The van der Waals surface area contributed by atoms with Crippen LogP contribution < -0.4 is 5.32 Å². The summed E-state index contributed by atoms with van der Waals surface area (Å²) in [6.45, 7) is 2.11. The molecular weight excluding hydrogens is 337 g/mol. The standard InChI is InChI=1S/C18H20FN5O2/c19-13-3-1-12(2-4-13)9-23-7-8-24(10-15(23)25)18(26)17-16-14(5-6-20-17)21-11-22-16/h1-4,11,17,20H,5-10H2,(H,21,22)/t17-/m1/s1. The molecule has 2 aliphatic rings. The van der Waals surface area contributed by atoms with Crippen LogP contribution in [0.2, 0.25) is 0 Å². The Morgan fingerprint density at radius 2 is 2.08 bits per heavy atom. The molecule has 7 nitrogen and oxygen atoms in total. The number of carbonyl (C=O) groups excluding carboxylic acids is 2. The van der Waals surface area contributed by atoms with Crippen molar-refractivity contribution in [3.63, 3.8) is 0 Å². The van der Waals surface area contributed by atoms with Gasteiger partial charge in [0.2, 0.25) is 11.8 Å². The van der Waals surface area contributed by atoms with Gasteiger partial charge in [0.25, 0.3) is 0 Å². The summed E-state index contributed by atoms with van der Waals surface area (Å²) >= 11 is 0. The maximum atomic E-state index is 13.0. The van der Waals surface area contributed by atoms with Crippen LogP contribution in [0.25, 0.3) is 0 Å². The summed E-state index contributed by atoms with van der Waals surface area (Å²) in [5.74, 6) is -0.520. The van der Waals surface area contributed by atoms with Gasteiger partial charge in [-0.3, -0.25) is 9.59 Å². The van der Waals surface area contributed by atoms with E-state index in [0.717, 1.165) is 23.4 Å². The molecule has 136 valence electrons. The normalized spacial score (nSPS) is 20.2. The highest BCUT2D eigenvalue weighted by molar-refractivity contribution is 5.89. The summed E-state index contributed by atoms with van der Waals surface area (Å²) < 4.78 is 13.0. The predicted molar refractivity (Wildman–Crippen MR) is 91.4 cm³/mol. The van der Waals surface area contributed by atoms with Crippen LogP contribution in [-0.2, 0) is 22.6 Å². The van der Waals surface area contributed by atoms with Crippen LogP contribution in [0.3, 0.4) is 0 Å². The van der Waals surface area contributed by atoms with Gasteiger partial charge < -0.3 is 20.1 Å². The van der Waals surface area contributed by atoms with Crippen molar-refractivity contribution < 1.29 is 14.0 Å². The molecule has 8 heteroatoms. The Morgan fingerprint density at radius 3 is 2.85 bits per heavy atom. The number of imidazole rings is 1. The lowest BCUT2D eigenvalue weighted by molar-refractivity contribution is -0.147. The molecule has 4 rings (SSSR count). The van der Waals surface area contributed by atoms with E-state index in [1.165, 1.54) is 12.1 Å². The largest absolute Gasteiger partial charge is 0.348 e. The second-order valence-corrected chi connectivity index (χ2v) is 6.61. The molecule has 26 heavy (non-hydrogen) atoms. The third-order valence-corrected chi connectivity index (χ3v) is 4.91. The van der Waals surface area contributed by atoms with Gasteiger partial charge in [-0.25, -0.2) is 9.37 Å². The number of aromatic nitrogens is 2. The van der Waals surface area contributed by atoms with Crippen molar-refractivity contribution in [3.8, 4) is 0 Å². The average molecular weight is 357 g/mol. The van der Waals surface area contributed by atoms with Crippen LogP contribution in [-0.4, -0.2) is 57.8 Å². The Morgan fingerprint density at radius 1 is 1.27 bits per heavy atom. The minimum Gasteiger partial charge on any atom is -0.348 e. The zero-order valence-electron chi connectivity index (χ0n) is 14.2. The van der Waals surface area contributed by atoms with Gasteiger partial charge in [-0.2, -0.15) is 0 Å². The molecule has 2 amide bonds. The van der Waals surface area contributed by atoms with E-state index < -0.39 is 6.04 Å². The molecule has 0 aliphatic carbocycles. The van der Waals surface area contributed by atoms with Crippen LogP contribution in [0.4, 0.5) is 4.39 Å². The predicted octanol–water partition coefficient (Wildman–Crippen LogP) is 0.607. The van der Waals surface area contributed by atoms with Crippen LogP contribution in [0.15, 0.2) is 30.6 Å². The van der Waals surface area contributed by atoms with Crippen LogP contribution in [0, 0.1) is 5.82 Å². The Kier molecular flexibility index (Phi) is 4.42. The number of carbonyl (C=O) groups is 2. The Bertz CT molecular complexity index is 819. The number of benzene rings is 1. The third-order valence-electron chi connectivity index (χ3n) is 4.91. The van der Waals surface area contributed by atoms with Crippen LogP contribution >= 0.6 is 0 Å². The molecule has 1 fully saturated rings. The van der Waals surface area contributed by atoms with E-state index in [-0.39, 0.29) is 24.2 Å². The highest BCUT2D eigenvalue weighted by atomic mass is 19.1. The van der Waals surface area contributed by atoms with Crippen LogP contribution in [0.5, 0.6) is 0 Å². The van der Waals surface area contributed by atoms with Crippen molar-refractivity contribution in [2.45, 2.75) is 19.0 Å². The lowest BCUT2D eigenvalue weighted by Crippen LogP contribution is -2.54. The SMILES string of the molecule is O=C1CN(C(=O)[C@@H]2NCCc3[nH]cnc32)CCN1Cc1ccc(F)cc1. The topological polar surface area (TPSA) is 81.3 Å². The number of fused-ring (bicyclic) bond motifs is 1. The number of nitrogens with zero attached hydrogens (tertiary/aromatic N) is 3. The minimum absolute atomic E-state index is 0.0535. The van der Waals surface area contributed by atoms with Crippen molar-refractivity contribution in [1.82, 2.24) is 25.1 Å².